The van der Waals surface area contributed by atoms with Gasteiger partial charge in [0.05, 0.1) is 35.9 Å². The molecule has 2 N–H and O–H groups in total. The summed E-state index contributed by atoms with van der Waals surface area (Å²) in [5, 5.41) is 12.0. The Morgan fingerprint density at radius 1 is 1.32 bits per heavy atom. The molecular formula is C13H14N2O4. The third kappa shape index (κ3) is 2.08. The Hall–Kier alpha value is -1.95. The van der Waals surface area contributed by atoms with Crippen LogP contribution in [-0.2, 0) is 14.3 Å². The number of aliphatic carboxylic acids is 1. The molecule has 100 valence electrons. The van der Waals surface area contributed by atoms with Gasteiger partial charge in [0.2, 0.25) is 5.91 Å². The molecule has 6 nitrogen and oxygen atoms in total. The van der Waals surface area contributed by atoms with Crippen LogP contribution in [0.25, 0.3) is 0 Å². The van der Waals surface area contributed by atoms with Crippen LogP contribution >= 0.6 is 0 Å². The number of rotatable bonds is 3. The van der Waals surface area contributed by atoms with Crippen molar-refractivity contribution in [2.75, 3.05) is 5.32 Å². The predicted octanol–water partition coefficient (Wildman–Crippen LogP) is 0.898. The molecule has 4 atom stereocenters. The minimum atomic E-state index is -0.960. The van der Waals surface area contributed by atoms with E-state index in [2.05, 4.69) is 10.3 Å². The van der Waals surface area contributed by atoms with Gasteiger partial charge in [-0.05, 0) is 25.0 Å². The second kappa shape index (κ2) is 4.62. The summed E-state index contributed by atoms with van der Waals surface area (Å²) in [6, 6.07) is 3.43. The number of aromatic nitrogens is 1. The van der Waals surface area contributed by atoms with E-state index in [1.165, 1.54) is 6.20 Å². The summed E-state index contributed by atoms with van der Waals surface area (Å²) >= 11 is 0. The summed E-state index contributed by atoms with van der Waals surface area (Å²) in [7, 11) is 0. The maximum absolute atomic E-state index is 12.2. The second-order valence-corrected chi connectivity index (χ2v) is 4.91. The predicted molar refractivity (Wildman–Crippen MR) is 65.4 cm³/mol. The Morgan fingerprint density at radius 2 is 2.05 bits per heavy atom. The average Bonchev–Trinajstić information content (AvgIpc) is 2.99. The molecule has 0 radical (unpaired) electrons. The molecule has 0 spiro atoms. The number of carboxylic acid groups (broad SMARTS) is 1. The highest BCUT2D eigenvalue weighted by molar-refractivity contribution is 5.96. The van der Waals surface area contributed by atoms with Crippen molar-refractivity contribution >= 4 is 17.6 Å². The van der Waals surface area contributed by atoms with Crippen molar-refractivity contribution in [2.24, 2.45) is 11.8 Å². The van der Waals surface area contributed by atoms with Crippen molar-refractivity contribution < 1.29 is 19.4 Å². The van der Waals surface area contributed by atoms with Gasteiger partial charge in [0.15, 0.2) is 0 Å². The normalized spacial score (nSPS) is 32.2. The van der Waals surface area contributed by atoms with Crippen molar-refractivity contribution in [3.05, 3.63) is 24.5 Å². The lowest BCUT2D eigenvalue weighted by atomic mass is 9.78. The molecule has 0 saturated carbocycles. The van der Waals surface area contributed by atoms with E-state index < -0.39 is 17.8 Å². The Morgan fingerprint density at radius 3 is 2.68 bits per heavy atom. The molecule has 0 unspecified atom stereocenters. The number of carbonyl (C=O) groups excluding carboxylic acids is 1. The lowest BCUT2D eigenvalue weighted by Gasteiger charge is -2.23. The standard InChI is InChI=1S/C13H14N2O4/c16-12(15-7-2-1-5-14-6-7)10-8-3-4-9(19-8)11(10)13(17)18/h1-2,5-6,8-11H,3-4H2,(H,15,16)(H,17,18)/t8-,9-,10-,11-/m0/s1. The van der Waals surface area contributed by atoms with Crippen LogP contribution in [0.3, 0.4) is 0 Å². The van der Waals surface area contributed by atoms with Crippen LogP contribution < -0.4 is 5.32 Å². The molecule has 19 heavy (non-hydrogen) atoms. The molecule has 6 heteroatoms. The smallest absolute Gasteiger partial charge is 0.310 e. The highest BCUT2D eigenvalue weighted by Gasteiger charge is 2.55. The molecule has 1 aromatic heterocycles. The minimum absolute atomic E-state index is 0.275. The van der Waals surface area contributed by atoms with Crippen LogP contribution in [0, 0.1) is 11.8 Å². The zero-order chi connectivity index (χ0) is 13.4. The van der Waals surface area contributed by atoms with E-state index in [0.29, 0.717) is 5.69 Å². The van der Waals surface area contributed by atoms with Gasteiger partial charge in [-0.2, -0.15) is 0 Å². The summed E-state index contributed by atoms with van der Waals surface area (Å²) in [5.74, 6) is -2.61. The van der Waals surface area contributed by atoms with Gasteiger partial charge in [-0.3, -0.25) is 14.6 Å². The van der Waals surface area contributed by atoms with E-state index in [4.69, 9.17) is 4.74 Å². The number of carbonyl (C=O) groups is 2. The molecule has 2 saturated heterocycles. The molecule has 3 rings (SSSR count). The van der Waals surface area contributed by atoms with E-state index in [1.807, 2.05) is 0 Å². The lowest BCUT2D eigenvalue weighted by molar-refractivity contribution is -0.147. The number of nitrogens with one attached hydrogen (secondary N) is 1. The van der Waals surface area contributed by atoms with Gasteiger partial charge in [-0.1, -0.05) is 0 Å². The number of hydrogen-bond donors (Lipinski definition) is 2. The van der Waals surface area contributed by atoms with Crippen molar-refractivity contribution in [1.29, 1.82) is 0 Å². The van der Waals surface area contributed by atoms with Gasteiger partial charge < -0.3 is 15.2 Å². The number of pyridine rings is 1. The Kier molecular flexibility index (Phi) is 2.94. The van der Waals surface area contributed by atoms with E-state index >= 15 is 0 Å². The number of ether oxygens (including phenoxy) is 1. The van der Waals surface area contributed by atoms with Crippen molar-refractivity contribution in [1.82, 2.24) is 4.98 Å². The van der Waals surface area contributed by atoms with E-state index in [1.54, 1.807) is 18.3 Å². The van der Waals surface area contributed by atoms with Gasteiger partial charge in [0, 0.05) is 6.20 Å². The fourth-order valence-electron chi connectivity index (χ4n) is 2.99. The zero-order valence-corrected chi connectivity index (χ0v) is 10.2. The van der Waals surface area contributed by atoms with Crippen molar-refractivity contribution in [3.8, 4) is 0 Å². The maximum atomic E-state index is 12.2. The molecule has 2 bridgehead atoms. The van der Waals surface area contributed by atoms with Crippen molar-refractivity contribution in [2.45, 2.75) is 25.0 Å². The first-order valence-corrected chi connectivity index (χ1v) is 6.26. The van der Waals surface area contributed by atoms with E-state index in [-0.39, 0.29) is 18.1 Å². The summed E-state index contributed by atoms with van der Waals surface area (Å²) < 4.78 is 5.56. The number of nitrogens with zero attached hydrogens (tertiary/aromatic N) is 1. The molecule has 0 aliphatic carbocycles. The Labute approximate surface area is 109 Å². The molecule has 1 aromatic rings. The number of amides is 1. The fourth-order valence-corrected chi connectivity index (χ4v) is 2.99. The number of carboxylic acids is 1. The summed E-state index contributed by atoms with van der Waals surface area (Å²) in [6.07, 6.45) is 4.01. The number of anilines is 1. The third-order valence-corrected chi connectivity index (χ3v) is 3.79. The lowest BCUT2D eigenvalue weighted by Crippen LogP contribution is -2.40. The van der Waals surface area contributed by atoms with Crippen LogP contribution in [0.1, 0.15) is 12.8 Å². The molecule has 1 amide bonds. The molecule has 2 aliphatic rings. The van der Waals surface area contributed by atoms with Gasteiger partial charge in [-0.15, -0.1) is 0 Å². The van der Waals surface area contributed by atoms with Crippen LogP contribution in [0.15, 0.2) is 24.5 Å². The van der Waals surface area contributed by atoms with Crippen molar-refractivity contribution in [3.63, 3.8) is 0 Å². The van der Waals surface area contributed by atoms with Gasteiger partial charge in [0.25, 0.3) is 0 Å². The first-order chi connectivity index (χ1) is 9.16. The maximum Gasteiger partial charge on any atom is 0.310 e. The zero-order valence-electron chi connectivity index (χ0n) is 10.2. The summed E-state index contributed by atoms with van der Waals surface area (Å²) in [5.41, 5.74) is 0.569. The number of fused-ring (bicyclic) bond motifs is 2. The molecule has 0 aromatic carbocycles. The van der Waals surface area contributed by atoms with Gasteiger partial charge >= 0.3 is 5.97 Å². The fraction of sp³-hybridized carbons (Fsp3) is 0.462. The summed E-state index contributed by atoms with van der Waals surface area (Å²) in [6.45, 7) is 0. The second-order valence-electron chi connectivity index (χ2n) is 4.91. The highest BCUT2D eigenvalue weighted by Crippen LogP contribution is 2.44. The Bertz CT molecular complexity index is 505. The van der Waals surface area contributed by atoms with Crippen LogP contribution in [0.5, 0.6) is 0 Å². The first-order valence-electron chi connectivity index (χ1n) is 6.26. The SMILES string of the molecule is O=C(O)[C@@H]1[C@@H](C(=O)Nc2cccnc2)[C@@H]2CC[C@@H]1O2. The summed E-state index contributed by atoms with van der Waals surface area (Å²) in [4.78, 5) is 27.4. The molecule has 3 heterocycles. The topological polar surface area (TPSA) is 88.5 Å². The quantitative estimate of drug-likeness (QED) is 0.844. The van der Waals surface area contributed by atoms with Crippen LogP contribution in [0.4, 0.5) is 5.69 Å². The molecular weight excluding hydrogens is 248 g/mol. The molecule has 2 aliphatic heterocycles. The first kappa shape index (κ1) is 12.1. The number of hydrogen-bond acceptors (Lipinski definition) is 4. The monoisotopic (exact) mass is 262 g/mol. The largest absolute Gasteiger partial charge is 0.481 e. The average molecular weight is 262 g/mol. The van der Waals surface area contributed by atoms with Crippen LogP contribution in [-0.4, -0.2) is 34.2 Å². The van der Waals surface area contributed by atoms with E-state index in [9.17, 15) is 14.7 Å². The minimum Gasteiger partial charge on any atom is -0.481 e. The van der Waals surface area contributed by atoms with E-state index in [0.717, 1.165) is 12.8 Å². The van der Waals surface area contributed by atoms with Crippen LogP contribution in [0.2, 0.25) is 0 Å². The molecule has 2 fully saturated rings. The van der Waals surface area contributed by atoms with Gasteiger partial charge in [0.1, 0.15) is 0 Å². The Balaban J connectivity index is 1.77. The van der Waals surface area contributed by atoms with Gasteiger partial charge in [-0.25, -0.2) is 0 Å². The highest BCUT2D eigenvalue weighted by atomic mass is 16.5. The third-order valence-electron chi connectivity index (χ3n) is 3.79.